The molecule has 2 heterocycles. The topological polar surface area (TPSA) is 139 Å². The zero-order chi connectivity index (χ0) is 23.2. The Morgan fingerprint density at radius 1 is 1.12 bits per heavy atom. The van der Waals surface area contributed by atoms with Crippen molar-refractivity contribution in [2.45, 2.75) is 26.3 Å². The Kier molecular flexibility index (Phi) is 6.40. The summed E-state index contributed by atoms with van der Waals surface area (Å²) >= 11 is 0. The second kappa shape index (κ2) is 9.74. The van der Waals surface area contributed by atoms with Gasteiger partial charge >= 0.3 is 0 Å². The van der Waals surface area contributed by atoms with Crippen molar-refractivity contribution in [3.8, 4) is 17.6 Å². The second-order valence-corrected chi connectivity index (χ2v) is 7.21. The third kappa shape index (κ3) is 4.72. The number of Topliss-reactive ketones (excluding diaryl/α,β-unsaturated/α-hetero) is 1. The highest BCUT2D eigenvalue weighted by atomic mass is 16.6. The first kappa shape index (κ1) is 21.7. The maximum Gasteiger partial charge on any atom is 0.224 e. The van der Waals surface area contributed by atoms with Crippen LogP contribution in [0, 0.1) is 11.3 Å². The predicted octanol–water partition coefficient (Wildman–Crippen LogP) is 3.64. The number of ketones is 1. The highest BCUT2D eigenvalue weighted by molar-refractivity contribution is 5.98. The van der Waals surface area contributed by atoms with Gasteiger partial charge < -0.3 is 15.2 Å². The lowest BCUT2D eigenvalue weighted by Crippen LogP contribution is -2.13. The molecule has 2 aromatic carbocycles. The number of fused-ring (bicyclic) bond motifs is 1. The van der Waals surface area contributed by atoms with E-state index in [0.29, 0.717) is 47.1 Å². The number of imidazole rings is 1. The van der Waals surface area contributed by atoms with E-state index >= 15 is 0 Å². The molecule has 2 aromatic heterocycles. The molecule has 0 spiro atoms. The van der Waals surface area contributed by atoms with E-state index in [1.807, 2.05) is 24.3 Å². The first-order valence-corrected chi connectivity index (χ1v) is 10.4. The molecule has 0 saturated heterocycles. The zero-order valence-electron chi connectivity index (χ0n) is 17.9. The van der Waals surface area contributed by atoms with E-state index in [-0.39, 0.29) is 24.7 Å². The zero-order valence-corrected chi connectivity index (χ0v) is 17.9. The van der Waals surface area contributed by atoms with E-state index < -0.39 is 0 Å². The molecule has 0 bridgehead atoms. The number of hydrogen-bond donors (Lipinski definition) is 2. The van der Waals surface area contributed by atoms with Crippen LogP contribution in [0.5, 0.6) is 0 Å². The average molecular weight is 443 g/mol. The van der Waals surface area contributed by atoms with Crippen LogP contribution in [0.3, 0.4) is 0 Å². The number of nitrogens with zero attached hydrogens (tertiary/aromatic N) is 5. The minimum atomic E-state index is -0.136. The Bertz CT molecular complexity index is 1330. The summed E-state index contributed by atoms with van der Waals surface area (Å²) < 4.78 is 6.67. The van der Waals surface area contributed by atoms with Crippen LogP contribution >= 0.6 is 0 Å². The molecule has 0 atom stereocenters. The predicted molar refractivity (Wildman–Crippen MR) is 121 cm³/mol. The first-order chi connectivity index (χ1) is 16.1. The fourth-order valence-corrected chi connectivity index (χ4v) is 3.33. The summed E-state index contributed by atoms with van der Waals surface area (Å²) in [7, 11) is 0. The molecule has 10 heteroatoms. The van der Waals surface area contributed by atoms with E-state index in [1.165, 1.54) is 0 Å². The molecular formula is C23H21N7O3. The summed E-state index contributed by atoms with van der Waals surface area (Å²) in [6, 6.07) is 16.3. The van der Waals surface area contributed by atoms with Gasteiger partial charge in [-0.3, -0.25) is 9.59 Å². The Hall–Kier alpha value is -4.52. The van der Waals surface area contributed by atoms with Crippen molar-refractivity contribution in [2.24, 2.45) is 0 Å². The highest BCUT2D eigenvalue weighted by Gasteiger charge is 2.22. The largest absolute Gasteiger partial charge is 0.364 e. The molecule has 4 rings (SSSR count). The molecule has 2 N–H and O–H groups in total. The standard InChI is InChI=1S/C23H21N7O3/c1-2-20(32)26-16-10-8-15(9-11-16)19(31)14-30-18-7-4-3-6-17(18)27-23(30)21-22(29-33-28-21)25-13-5-12-24/h3-4,6-11H,2,5,13-14H2,1H3,(H,25,29)(H,26,32). The Morgan fingerprint density at radius 3 is 2.67 bits per heavy atom. The van der Waals surface area contributed by atoms with Crippen LogP contribution in [-0.4, -0.2) is 38.1 Å². The van der Waals surface area contributed by atoms with E-state index in [4.69, 9.17) is 9.89 Å². The van der Waals surface area contributed by atoms with Crippen LogP contribution in [0.25, 0.3) is 22.6 Å². The molecule has 33 heavy (non-hydrogen) atoms. The summed E-state index contributed by atoms with van der Waals surface area (Å²) in [4.78, 5) is 29.3. The normalized spacial score (nSPS) is 10.7. The van der Waals surface area contributed by atoms with Crippen molar-refractivity contribution in [1.82, 2.24) is 19.9 Å². The number of amides is 1. The summed E-state index contributed by atoms with van der Waals surface area (Å²) in [6.07, 6.45) is 0.664. The molecule has 166 valence electrons. The molecule has 0 unspecified atom stereocenters. The number of anilines is 2. The van der Waals surface area contributed by atoms with E-state index in [2.05, 4.69) is 32.0 Å². The van der Waals surface area contributed by atoms with Crippen molar-refractivity contribution in [3.63, 3.8) is 0 Å². The second-order valence-electron chi connectivity index (χ2n) is 7.21. The monoisotopic (exact) mass is 443 g/mol. The van der Waals surface area contributed by atoms with Crippen molar-refractivity contribution in [1.29, 1.82) is 5.26 Å². The number of nitriles is 1. The quantitative estimate of drug-likeness (QED) is 0.295. The fourth-order valence-electron chi connectivity index (χ4n) is 3.33. The number of carbonyl (C=O) groups is 2. The van der Waals surface area contributed by atoms with Crippen LogP contribution in [0.2, 0.25) is 0 Å². The third-order valence-corrected chi connectivity index (χ3v) is 5.00. The Balaban J connectivity index is 1.64. The maximum absolute atomic E-state index is 13.1. The van der Waals surface area contributed by atoms with Gasteiger partial charge in [0.1, 0.15) is 0 Å². The van der Waals surface area contributed by atoms with Crippen molar-refractivity contribution in [3.05, 3.63) is 54.1 Å². The number of aromatic nitrogens is 4. The SMILES string of the molecule is CCC(=O)Nc1ccc(C(=O)Cn2c(-c3nonc3NCCC#N)nc3ccccc32)cc1. The lowest BCUT2D eigenvalue weighted by Gasteiger charge is -2.09. The molecule has 0 aliphatic rings. The summed E-state index contributed by atoms with van der Waals surface area (Å²) in [5.74, 6) is 0.551. The highest BCUT2D eigenvalue weighted by Crippen LogP contribution is 2.28. The lowest BCUT2D eigenvalue weighted by molar-refractivity contribution is -0.115. The van der Waals surface area contributed by atoms with Gasteiger partial charge in [0.05, 0.1) is 30.1 Å². The van der Waals surface area contributed by atoms with Gasteiger partial charge in [0.25, 0.3) is 0 Å². The molecule has 0 saturated carbocycles. The lowest BCUT2D eigenvalue weighted by atomic mass is 10.1. The van der Waals surface area contributed by atoms with E-state index in [9.17, 15) is 9.59 Å². The van der Waals surface area contributed by atoms with Gasteiger partial charge in [-0.2, -0.15) is 5.26 Å². The molecule has 0 fully saturated rings. The van der Waals surface area contributed by atoms with Crippen LogP contribution in [0.15, 0.2) is 53.2 Å². The van der Waals surface area contributed by atoms with Gasteiger partial charge in [-0.25, -0.2) is 9.61 Å². The van der Waals surface area contributed by atoms with Gasteiger partial charge in [0.2, 0.25) is 11.7 Å². The summed E-state index contributed by atoms with van der Waals surface area (Å²) in [6.45, 7) is 2.16. The smallest absolute Gasteiger partial charge is 0.224 e. The van der Waals surface area contributed by atoms with E-state index in [0.717, 1.165) is 5.52 Å². The third-order valence-electron chi connectivity index (χ3n) is 5.00. The van der Waals surface area contributed by atoms with Gasteiger partial charge in [-0.15, -0.1) is 0 Å². The maximum atomic E-state index is 13.1. The Labute approximate surface area is 189 Å². The average Bonchev–Trinajstić information content (AvgIpc) is 3.44. The number of rotatable bonds is 9. The molecule has 0 aliphatic carbocycles. The van der Waals surface area contributed by atoms with Gasteiger partial charge in [0, 0.05) is 24.2 Å². The van der Waals surface area contributed by atoms with Crippen LogP contribution < -0.4 is 10.6 Å². The van der Waals surface area contributed by atoms with Crippen LogP contribution in [0.4, 0.5) is 11.5 Å². The summed E-state index contributed by atoms with van der Waals surface area (Å²) in [5.41, 5.74) is 2.95. The van der Waals surface area contributed by atoms with Crippen molar-refractivity contribution < 1.29 is 14.2 Å². The fraction of sp³-hybridized carbons (Fsp3) is 0.217. The molecule has 0 aliphatic heterocycles. The van der Waals surface area contributed by atoms with Gasteiger partial charge in [0.15, 0.2) is 17.3 Å². The number of hydrogen-bond acceptors (Lipinski definition) is 8. The summed E-state index contributed by atoms with van der Waals surface area (Å²) in [5, 5.41) is 22.4. The minimum absolute atomic E-state index is 0.0149. The molecule has 10 nitrogen and oxygen atoms in total. The molecule has 4 aromatic rings. The van der Waals surface area contributed by atoms with Gasteiger partial charge in [-0.1, -0.05) is 19.1 Å². The van der Waals surface area contributed by atoms with Gasteiger partial charge in [-0.05, 0) is 46.7 Å². The molecule has 1 amide bonds. The first-order valence-electron chi connectivity index (χ1n) is 10.4. The van der Waals surface area contributed by atoms with Crippen molar-refractivity contribution >= 4 is 34.2 Å². The number of para-hydroxylation sites is 2. The van der Waals surface area contributed by atoms with Crippen LogP contribution in [0.1, 0.15) is 30.1 Å². The Morgan fingerprint density at radius 2 is 1.91 bits per heavy atom. The number of benzene rings is 2. The molecule has 0 radical (unpaired) electrons. The minimum Gasteiger partial charge on any atom is -0.364 e. The van der Waals surface area contributed by atoms with Crippen LogP contribution in [-0.2, 0) is 11.3 Å². The van der Waals surface area contributed by atoms with E-state index in [1.54, 1.807) is 35.8 Å². The number of nitrogens with one attached hydrogen (secondary N) is 2. The molecular weight excluding hydrogens is 422 g/mol. The van der Waals surface area contributed by atoms with Crippen molar-refractivity contribution in [2.75, 3.05) is 17.2 Å². The number of carbonyl (C=O) groups excluding carboxylic acids is 2.